The fourth-order valence-electron chi connectivity index (χ4n) is 3.60. The van der Waals surface area contributed by atoms with Crippen LogP contribution >= 0.6 is 0 Å². The Morgan fingerprint density at radius 2 is 1.75 bits per heavy atom. The van der Waals surface area contributed by atoms with Crippen molar-refractivity contribution in [2.75, 3.05) is 0 Å². The second kappa shape index (κ2) is 8.46. The SMILES string of the molecule is Cc1cc(C(=O)NC(Cc2ccccc2)C(=O)C(N)=O)n(-c2nc3ccccc3n2C)n1. The number of fused-ring (bicyclic) bond motifs is 1. The highest BCUT2D eigenvalue weighted by Crippen LogP contribution is 2.19. The number of aryl methyl sites for hydroxylation is 2. The summed E-state index contributed by atoms with van der Waals surface area (Å²) in [6, 6.07) is 17.1. The molecule has 1 atom stereocenters. The summed E-state index contributed by atoms with van der Waals surface area (Å²) in [6.45, 7) is 1.76. The van der Waals surface area contributed by atoms with Gasteiger partial charge in [-0.1, -0.05) is 42.5 Å². The van der Waals surface area contributed by atoms with E-state index < -0.39 is 23.6 Å². The highest BCUT2D eigenvalue weighted by atomic mass is 16.2. The molecule has 9 heteroatoms. The van der Waals surface area contributed by atoms with Gasteiger partial charge in [0, 0.05) is 13.5 Å². The maximum Gasteiger partial charge on any atom is 0.287 e. The molecule has 162 valence electrons. The van der Waals surface area contributed by atoms with Gasteiger partial charge in [0.05, 0.1) is 16.7 Å². The Labute approximate surface area is 183 Å². The molecule has 2 heterocycles. The van der Waals surface area contributed by atoms with Crippen LogP contribution in [0.1, 0.15) is 21.7 Å². The van der Waals surface area contributed by atoms with Gasteiger partial charge in [0.25, 0.3) is 11.8 Å². The summed E-state index contributed by atoms with van der Waals surface area (Å²) in [7, 11) is 1.83. The van der Waals surface area contributed by atoms with Crippen LogP contribution in [0.3, 0.4) is 0 Å². The molecule has 3 N–H and O–H groups in total. The normalized spacial score (nSPS) is 11.9. The quantitative estimate of drug-likeness (QED) is 0.430. The van der Waals surface area contributed by atoms with Crippen LogP contribution in [-0.4, -0.2) is 43.0 Å². The first-order valence-electron chi connectivity index (χ1n) is 10.0. The van der Waals surface area contributed by atoms with Crippen molar-refractivity contribution in [3.63, 3.8) is 0 Å². The van der Waals surface area contributed by atoms with Crippen molar-refractivity contribution >= 4 is 28.6 Å². The lowest BCUT2D eigenvalue weighted by Gasteiger charge is -2.17. The number of hydrogen-bond donors (Lipinski definition) is 2. The van der Waals surface area contributed by atoms with Crippen LogP contribution in [0.25, 0.3) is 17.0 Å². The summed E-state index contributed by atoms with van der Waals surface area (Å²) >= 11 is 0. The van der Waals surface area contributed by atoms with E-state index in [-0.39, 0.29) is 12.1 Å². The third-order valence-electron chi connectivity index (χ3n) is 5.16. The van der Waals surface area contributed by atoms with Crippen LogP contribution in [0.4, 0.5) is 0 Å². The van der Waals surface area contributed by atoms with Gasteiger partial charge in [-0.05, 0) is 30.7 Å². The molecule has 2 aromatic heterocycles. The predicted molar refractivity (Wildman–Crippen MR) is 118 cm³/mol. The number of aromatic nitrogens is 4. The summed E-state index contributed by atoms with van der Waals surface area (Å²) < 4.78 is 3.26. The minimum Gasteiger partial charge on any atom is -0.363 e. The number of rotatable bonds is 7. The smallest absolute Gasteiger partial charge is 0.287 e. The van der Waals surface area contributed by atoms with E-state index in [9.17, 15) is 14.4 Å². The van der Waals surface area contributed by atoms with Gasteiger partial charge >= 0.3 is 0 Å². The number of Topliss-reactive ketones (excluding diaryl/α,β-unsaturated/α-hetero) is 1. The number of carbonyl (C=O) groups excluding carboxylic acids is 3. The Balaban J connectivity index is 1.68. The van der Waals surface area contributed by atoms with Gasteiger partial charge in [0.1, 0.15) is 11.7 Å². The Morgan fingerprint density at radius 3 is 2.44 bits per heavy atom. The van der Waals surface area contributed by atoms with Gasteiger partial charge in [-0.25, -0.2) is 4.98 Å². The first-order valence-corrected chi connectivity index (χ1v) is 10.0. The maximum absolute atomic E-state index is 13.2. The third-order valence-corrected chi connectivity index (χ3v) is 5.16. The number of hydrogen-bond acceptors (Lipinski definition) is 5. The van der Waals surface area contributed by atoms with Crippen molar-refractivity contribution in [2.24, 2.45) is 12.8 Å². The molecule has 4 rings (SSSR count). The molecule has 1 unspecified atom stereocenters. The monoisotopic (exact) mass is 430 g/mol. The van der Waals surface area contributed by atoms with Crippen LogP contribution in [0.5, 0.6) is 0 Å². The molecule has 32 heavy (non-hydrogen) atoms. The fraction of sp³-hybridized carbons (Fsp3) is 0.174. The van der Waals surface area contributed by atoms with E-state index in [4.69, 9.17) is 5.73 Å². The maximum atomic E-state index is 13.2. The Morgan fingerprint density at radius 1 is 1.06 bits per heavy atom. The van der Waals surface area contributed by atoms with Gasteiger partial charge in [-0.3, -0.25) is 14.4 Å². The van der Waals surface area contributed by atoms with Crippen LogP contribution in [0.15, 0.2) is 60.7 Å². The second-order valence-electron chi connectivity index (χ2n) is 7.49. The van der Waals surface area contributed by atoms with Crippen molar-refractivity contribution in [1.29, 1.82) is 0 Å². The third kappa shape index (κ3) is 4.00. The number of amides is 2. The van der Waals surface area contributed by atoms with Crippen molar-refractivity contribution in [1.82, 2.24) is 24.6 Å². The Hall–Kier alpha value is -4.27. The zero-order chi connectivity index (χ0) is 22.8. The van der Waals surface area contributed by atoms with Gasteiger partial charge in [-0.15, -0.1) is 0 Å². The molecule has 2 amide bonds. The molecule has 0 saturated heterocycles. The van der Waals surface area contributed by atoms with Crippen molar-refractivity contribution in [3.8, 4) is 5.95 Å². The summed E-state index contributed by atoms with van der Waals surface area (Å²) in [6.07, 6.45) is 0.133. The number of imidazole rings is 1. The van der Waals surface area contributed by atoms with E-state index in [0.717, 1.165) is 16.6 Å². The van der Waals surface area contributed by atoms with Gasteiger partial charge in [0.15, 0.2) is 0 Å². The lowest BCUT2D eigenvalue weighted by Crippen LogP contribution is -2.47. The Kier molecular flexibility index (Phi) is 5.55. The second-order valence-corrected chi connectivity index (χ2v) is 7.49. The number of ketones is 1. The predicted octanol–water partition coefficient (Wildman–Crippen LogP) is 1.46. The topological polar surface area (TPSA) is 125 Å². The Bertz CT molecular complexity index is 1320. The standard InChI is InChI=1S/C23H22N6O3/c1-14-12-19(29(27-14)23-26-16-10-6-7-11-18(16)28(23)2)22(32)25-17(20(30)21(24)31)13-15-8-4-3-5-9-15/h3-12,17H,13H2,1-2H3,(H2,24,31)(H,25,32). The average molecular weight is 430 g/mol. The summed E-state index contributed by atoms with van der Waals surface area (Å²) in [5.74, 6) is -2.09. The number of nitrogens with two attached hydrogens (primary N) is 1. The lowest BCUT2D eigenvalue weighted by molar-refractivity contribution is -0.137. The van der Waals surface area contributed by atoms with Gasteiger partial charge in [-0.2, -0.15) is 9.78 Å². The van der Waals surface area contributed by atoms with E-state index in [1.54, 1.807) is 25.1 Å². The molecular formula is C23H22N6O3. The summed E-state index contributed by atoms with van der Waals surface area (Å²) in [5.41, 5.74) is 8.44. The number of nitrogens with zero attached hydrogens (tertiary/aromatic N) is 4. The zero-order valence-electron chi connectivity index (χ0n) is 17.6. The molecule has 0 fully saturated rings. The highest BCUT2D eigenvalue weighted by Gasteiger charge is 2.28. The number of carbonyl (C=O) groups is 3. The van der Waals surface area contributed by atoms with Crippen LogP contribution < -0.4 is 11.1 Å². The average Bonchev–Trinajstić information content (AvgIpc) is 3.33. The van der Waals surface area contributed by atoms with Gasteiger partial charge in [0.2, 0.25) is 11.7 Å². The van der Waals surface area contributed by atoms with E-state index >= 15 is 0 Å². The van der Waals surface area contributed by atoms with E-state index in [0.29, 0.717) is 11.6 Å². The van der Waals surface area contributed by atoms with E-state index in [1.807, 2.05) is 54.1 Å². The molecule has 0 aliphatic heterocycles. The molecule has 0 aliphatic carbocycles. The van der Waals surface area contributed by atoms with E-state index in [1.165, 1.54) is 4.68 Å². The van der Waals surface area contributed by atoms with Crippen molar-refractivity contribution < 1.29 is 14.4 Å². The number of nitrogens with one attached hydrogen (secondary N) is 1. The molecule has 4 aromatic rings. The van der Waals surface area contributed by atoms with Crippen LogP contribution in [0, 0.1) is 6.92 Å². The molecule has 0 aliphatic rings. The first-order chi connectivity index (χ1) is 15.3. The number of primary amides is 1. The summed E-state index contributed by atoms with van der Waals surface area (Å²) in [5, 5.41) is 7.08. The van der Waals surface area contributed by atoms with Crippen LogP contribution in [0.2, 0.25) is 0 Å². The van der Waals surface area contributed by atoms with Crippen LogP contribution in [-0.2, 0) is 23.1 Å². The molecule has 9 nitrogen and oxygen atoms in total. The number of para-hydroxylation sites is 2. The highest BCUT2D eigenvalue weighted by molar-refractivity contribution is 6.38. The van der Waals surface area contributed by atoms with Gasteiger partial charge < -0.3 is 15.6 Å². The molecule has 0 saturated carbocycles. The molecular weight excluding hydrogens is 408 g/mol. The van der Waals surface area contributed by atoms with E-state index in [2.05, 4.69) is 15.4 Å². The fourth-order valence-corrected chi connectivity index (χ4v) is 3.60. The zero-order valence-corrected chi connectivity index (χ0v) is 17.6. The minimum absolute atomic E-state index is 0.133. The largest absolute Gasteiger partial charge is 0.363 e. The lowest BCUT2D eigenvalue weighted by atomic mass is 10.0. The molecule has 0 radical (unpaired) electrons. The molecule has 0 spiro atoms. The summed E-state index contributed by atoms with van der Waals surface area (Å²) in [4.78, 5) is 41.8. The van der Waals surface area contributed by atoms with Crippen molar-refractivity contribution in [3.05, 3.63) is 77.6 Å². The van der Waals surface area contributed by atoms with Crippen molar-refractivity contribution in [2.45, 2.75) is 19.4 Å². The molecule has 0 bridgehead atoms. The first kappa shape index (κ1) is 21.0. The molecule has 2 aromatic carbocycles. The minimum atomic E-state index is -1.11. The number of benzene rings is 2.